The van der Waals surface area contributed by atoms with Gasteiger partial charge in [0, 0.05) is 25.7 Å². The van der Waals surface area contributed by atoms with Crippen LogP contribution in [0.5, 0.6) is 0 Å². The Labute approximate surface area is 137 Å². The monoisotopic (exact) mass is 311 g/mol. The number of terminal acetylenes is 1. The predicted octanol–water partition coefficient (Wildman–Crippen LogP) is 1.47. The predicted molar refractivity (Wildman–Crippen MR) is 88.0 cm³/mol. The van der Waals surface area contributed by atoms with Crippen molar-refractivity contribution in [3.8, 4) is 12.3 Å². The van der Waals surface area contributed by atoms with Gasteiger partial charge in [0.25, 0.3) is 0 Å². The van der Waals surface area contributed by atoms with E-state index in [0.29, 0.717) is 32.5 Å². The zero-order valence-corrected chi connectivity index (χ0v) is 13.1. The van der Waals surface area contributed by atoms with Gasteiger partial charge in [0.05, 0.1) is 24.7 Å². The van der Waals surface area contributed by atoms with E-state index < -0.39 is 0 Å². The number of hydrogen-bond acceptors (Lipinski definition) is 3. The molecular formula is C18H21N3O2. The minimum atomic E-state index is -0.218. The van der Waals surface area contributed by atoms with Crippen molar-refractivity contribution >= 4 is 11.8 Å². The highest BCUT2D eigenvalue weighted by molar-refractivity contribution is 5.84. The van der Waals surface area contributed by atoms with Gasteiger partial charge in [-0.15, -0.1) is 13.0 Å². The summed E-state index contributed by atoms with van der Waals surface area (Å²) < 4.78 is 0. The summed E-state index contributed by atoms with van der Waals surface area (Å²) in [6, 6.07) is 5.60. The van der Waals surface area contributed by atoms with Crippen molar-refractivity contribution in [3.05, 3.63) is 42.7 Å². The van der Waals surface area contributed by atoms with E-state index in [0.717, 1.165) is 5.69 Å². The largest absolute Gasteiger partial charge is 0.336 e. The Hall–Kier alpha value is -2.61. The van der Waals surface area contributed by atoms with Crippen LogP contribution in [0.3, 0.4) is 0 Å². The number of nitrogens with zero attached hydrogens (tertiary/aromatic N) is 3. The van der Waals surface area contributed by atoms with E-state index >= 15 is 0 Å². The van der Waals surface area contributed by atoms with Crippen LogP contribution in [0.4, 0.5) is 0 Å². The summed E-state index contributed by atoms with van der Waals surface area (Å²) in [5, 5.41) is 0. The maximum Gasteiger partial charge on any atom is 0.228 e. The van der Waals surface area contributed by atoms with Crippen molar-refractivity contribution in [3.63, 3.8) is 0 Å². The van der Waals surface area contributed by atoms with Crippen LogP contribution in [0.1, 0.15) is 18.5 Å². The fourth-order valence-electron chi connectivity index (χ4n) is 2.71. The van der Waals surface area contributed by atoms with Crippen LogP contribution in [0.2, 0.25) is 0 Å². The third-order valence-corrected chi connectivity index (χ3v) is 3.87. The molecule has 2 heterocycles. The normalized spacial score (nSPS) is 17.4. The van der Waals surface area contributed by atoms with Gasteiger partial charge in [-0.3, -0.25) is 14.6 Å². The lowest BCUT2D eigenvalue weighted by Crippen LogP contribution is -2.47. The molecule has 120 valence electrons. The molecular weight excluding hydrogens is 290 g/mol. The highest BCUT2D eigenvalue weighted by Gasteiger charge is 2.32. The molecule has 1 atom stereocenters. The Morgan fingerprint density at radius 1 is 1.57 bits per heavy atom. The van der Waals surface area contributed by atoms with Gasteiger partial charge in [0.2, 0.25) is 11.8 Å². The summed E-state index contributed by atoms with van der Waals surface area (Å²) in [7, 11) is 0. The zero-order chi connectivity index (χ0) is 16.7. The second kappa shape index (κ2) is 8.14. The van der Waals surface area contributed by atoms with Gasteiger partial charge in [-0.05, 0) is 18.6 Å². The van der Waals surface area contributed by atoms with E-state index in [1.165, 1.54) is 0 Å². The molecule has 23 heavy (non-hydrogen) atoms. The Balaban J connectivity index is 2.04. The van der Waals surface area contributed by atoms with Crippen LogP contribution in [-0.4, -0.2) is 46.2 Å². The average Bonchev–Trinajstić information content (AvgIpc) is 2.57. The summed E-state index contributed by atoms with van der Waals surface area (Å²) in [5.74, 6) is 2.33. The van der Waals surface area contributed by atoms with E-state index in [4.69, 9.17) is 6.42 Å². The smallest absolute Gasteiger partial charge is 0.228 e. The molecule has 1 saturated heterocycles. The molecule has 0 radical (unpaired) electrons. The highest BCUT2D eigenvalue weighted by atomic mass is 16.2. The highest BCUT2D eigenvalue weighted by Crippen LogP contribution is 2.21. The molecule has 0 aromatic carbocycles. The maximum absolute atomic E-state index is 12.6. The maximum atomic E-state index is 12.6. The second-order valence-electron chi connectivity index (χ2n) is 5.54. The van der Waals surface area contributed by atoms with Gasteiger partial charge in [-0.1, -0.05) is 18.1 Å². The van der Waals surface area contributed by atoms with Crippen LogP contribution >= 0.6 is 0 Å². The number of pyridine rings is 1. The molecule has 2 amide bonds. The Bertz CT molecular complexity index is 606. The molecule has 5 heteroatoms. The van der Waals surface area contributed by atoms with Crippen molar-refractivity contribution < 1.29 is 9.59 Å². The molecule has 0 N–H and O–H groups in total. The summed E-state index contributed by atoms with van der Waals surface area (Å²) >= 11 is 0. The summed E-state index contributed by atoms with van der Waals surface area (Å²) in [6.45, 7) is 5.18. The van der Waals surface area contributed by atoms with Gasteiger partial charge in [0.1, 0.15) is 0 Å². The van der Waals surface area contributed by atoms with Crippen LogP contribution < -0.4 is 0 Å². The fraction of sp³-hybridized carbons (Fsp3) is 0.389. The van der Waals surface area contributed by atoms with Crippen molar-refractivity contribution in [1.29, 1.82) is 0 Å². The van der Waals surface area contributed by atoms with Crippen molar-refractivity contribution in [1.82, 2.24) is 14.8 Å². The van der Waals surface area contributed by atoms with Crippen LogP contribution in [0, 0.1) is 18.3 Å². The van der Waals surface area contributed by atoms with Crippen LogP contribution in [-0.2, 0) is 16.1 Å². The number of carbonyl (C=O) groups excluding carboxylic acids is 2. The van der Waals surface area contributed by atoms with E-state index in [1.807, 2.05) is 18.2 Å². The first-order valence-corrected chi connectivity index (χ1v) is 7.66. The molecule has 1 aliphatic rings. The standard InChI is InChI=1S/C18H21N3O2/c1-3-11-20(12-4-2)18(23)15-8-9-17(22)21(13-15)14-16-7-5-6-10-19-16/h1,4-7,10,15H,2,8-9,11-14H2/t15-/m1/s1. The molecule has 2 rings (SSSR count). The van der Waals surface area contributed by atoms with Crippen molar-refractivity contribution in [2.24, 2.45) is 5.92 Å². The van der Waals surface area contributed by atoms with Crippen LogP contribution in [0.15, 0.2) is 37.1 Å². The number of amides is 2. The van der Waals surface area contributed by atoms with Gasteiger partial charge in [-0.25, -0.2) is 0 Å². The minimum Gasteiger partial charge on any atom is -0.336 e. The lowest BCUT2D eigenvalue weighted by molar-refractivity contribution is -0.142. The SMILES string of the molecule is C#CCN(CC=C)C(=O)[C@@H]1CCC(=O)N(Cc2ccccn2)C1. The number of likely N-dealkylation sites (tertiary alicyclic amines) is 1. The van der Waals surface area contributed by atoms with E-state index in [9.17, 15) is 9.59 Å². The third-order valence-electron chi connectivity index (χ3n) is 3.87. The van der Waals surface area contributed by atoms with Gasteiger partial charge in [0.15, 0.2) is 0 Å². The number of carbonyl (C=O) groups is 2. The first-order valence-electron chi connectivity index (χ1n) is 7.66. The van der Waals surface area contributed by atoms with Gasteiger partial charge >= 0.3 is 0 Å². The average molecular weight is 311 g/mol. The van der Waals surface area contributed by atoms with E-state index in [2.05, 4.69) is 17.5 Å². The van der Waals surface area contributed by atoms with E-state index in [-0.39, 0.29) is 24.3 Å². The lowest BCUT2D eigenvalue weighted by Gasteiger charge is -2.34. The van der Waals surface area contributed by atoms with E-state index in [1.54, 1.807) is 22.1 Å². The molecule has 1 fully saturated rings. The Morgan fingerprint density at radius 3 is 3.04 bits per heavy atom. The number of rotatable bonds is 6. The molecule has 0 aliphatic carbocycles. The molecule has 5 nitrogen and oxygen atoms in total. The summed E-state index contributed by atoms with van der Waals surface area (Å²) in [4.78, 5) is 32.3. The van der Waals surface area contributed by atoms with Gasteiger partial charge < -0.3 is 9.80 Å². The van der Waals surface area contributed by atoms with Crippen molar-refractivity contribution in [2.75, 3.05) is 19.6 Å². The first-order chi connectivity index (χ1) is 11.2. The lowest BCUT2D eigenvalue weighted by atomic mass is 9.95. The topological polar surface area (TPSA) is 53.5 Å². The van der Waals surface area contributed by atoms with Gasteiger partial charge in [-0.2, -0.15) is 0 Å². The fourth-order valence-corrected chi connectivity index (χ4v) is 2.71. The molecule has 1 aliphatic heterocycles. The number of hydrogen-bond donors (Lipinski definition) is 0. The first kappa shape index (κ1) is 16.8. The molecule has 0 saturated carbocycles. The Kier molecular flexibility index (Phi) is 5.93. The summed E-state index contributed by atoms with van der Waals surface area (Å²) in [5.41, 5.74) is 0.820. The molecule has 1 aromatic rings. The number of aromatic nitrogens is 1. The molecule has 0 bridgehead atoms. The molecule has 0 unspecified atom stereocenters. The minimum absolute atomic E-state index is 0.0126. The van der Waals surface area contributed by atoms with Crippen LogP contribution in [0.25, 0.3) is 0 Å². The molecule has 1 aromatic heterocycles. The van der Waals surface area contributed by atoms with Crippen molar-refractivity contribution in [2.45, 2.75) is 19.4 Å². The third kappa shape index (κ3) is 4.43. The number of piperidine rings is 1. The second-order valence-corrected chi connectivity index (χ2v) is 5.54. The summed E-state index contributed by atoms with van der Waals surface area (Å²) in [6.07, 6.45) is 9.63. The zero-order valence-electron chi connectivity index (χ0n) is 13.1. The molecule has 0 spiro atoms. The quantitative estimate of drug-likeness (QED) is 0.590. The Morgan fingerprint density at radius 2 is 2.39 bits per heavy atom.